The molecule has 2 fully saturated rings. The highest BCUT2D eigenvalue weighted by Crippen LogP contribution is 2.30. The van der Waals surface area contributed by atoms with Crippen LogP contribution in [0.5, 0.6) is 0 Å². The predicted molar refractivity (Wildman–Crippen MR) is 106 cm³/mol. The Labute approximate surface area is 160 Å². The van der Waals surface area contributed by atoms with Gasteiger partial charge in [-0.1, -0.05) is 6.42 Å². The summed E-state index contributed by atoms with van der Waals surface area (Å²) in [6.07, 6.45) is 8.16. The maximum absolute atomic E-state index is 6.26. The van der Waals surface area contributed by atoms with Gasteiger partial charge < -0.3 is 15.5 Å². The van der Waals surface area contributed by atoms with Crippen molar-refractivity contribution >= 4 is 22.7 Å². The van der Waals surface area contributed by atoms with Crippen LogP contribution in [-0.4, -0.2) is 56.0 Å². The Hall–Kier alpha value is -1.86. The van der Waals surface area contributed by atoms with E-state index in [0.717, 1.165) is 43.1 Å². The molecule has 1 unspecified atom stereocenters. The molecule has 3 aliphatic rings. The third-order valence-electron chi connectivity index (χ3n) is 7.20. The molecule has 27 heavy (non-hydrogen) atoms. The van der Waals surface area contributed by atoms with E-state index in [9.17, 15) is 0 Å². The minimum Gasteiger partial charge on any atom is -0.382 e. The number of rotatable bonds is 2. The Morgan fingerprint density at radius 1 is 1.11 bits per heavy atom. The van der Waals surface area contributed by atoms with Crippen LogP contribution in [-0.2, 0) is 13.0 Å². The smallest absolute Gasteiger partial charge is 0.295 e. The molecule has 0 radical (unpaired) electrons. The van der Waals surface area contributed by atoms with Gasteiger partial charge in [0.15, 0.2) is 0 Å². The molecule has 2 aromatic heterocycles. The zero-order valence-electron chi connectivity index (χ0n) is 16.5. The predicted octanol–water partition coefficient (Wildman–Crippen LogP) is -1.43. The first-order valence-electron chi connectivity index (χ1n) is 10.8. The van der Waals surface area contributed by atoms with Crippen LogP contribution in [0.1, 0.15) is 43.2 Å². The van der Waals surface area contributed by atoms with Crippen LogP contribution in [0.2, 0.25) is 0 Å². The number of aromatic nitrogens is 3. The van der Waals surface area contributed by atoms with Crippen LogP contribution >= 0.6 is 0 Å². The lowest BCUT2D eigenvalue weighted by Gasteiger charge is -2.36. The fourth-order valence-electron chi connectivity index (χ4n) is 5.54. The zero-order chi connectivity index (χ0) is 18.4. The lowest BCUT2D eigenvalue weighted by atomic mass is 9.90. The highest BCUT2D eigenvalue weighted by atomic mass is 15.3. The van der Waals surface area contributed by atoms with E-state index >= 15 is 0 Å². The lowest BCUT2D eigenvalue weighted by molar-refractivity contribution is -0.942. The van der Waals surface area contributed by atoms with E-state index in [-0.39, 0.29) is 0 Å². The van der Waals surface area contributed by atoms with Crippen molar-refractivity contribution in [2.75, 3.05) is 50.4 Å². The second-order valence-electron chi connectivity index (χ2n) is 8.91. The molecule has 146 valence electrons. The number of H-pyrrole nitrogens is 2. The number of nitrogens with zero attached hydrogens (tertiary/aromatic N) is 2. The van der Waals surface area contributed by atoms with E-state index in [1.807, 2.05) is 0 Å². The molecule has 1 aliphatic carbocycles. The number of nitrogen functional groups attached to an aromatic ring is 1. The van der Waals surface area contributed by atoms with Gasteiger partial charge in [-0.2, -0.15) is 5.10 Å². The number of nitrogens with one attached hydrogen (secondary N) is 4. The Balaban J connectivity index is 1.54. The van der Waals surface area contributed by atoms with E-state index in [1.165, 1.54) is 68.7 Å². The molecule has 1 saturated heterocycles. The van der Waals surface area contributed by atoms with Crippen molar-refractivity contribution in [2.45, 2.75) is 51.1 Å². The maximum Gasteiger partial charge on any atom is 0.295 e. The number of quaternary nitrogens is 2. The number of anilines is 2. The van der Waals surface area contributed by atoms with Gasteiger partial charge in [0.1, 0.15) is 38.5 Å². The lowest BCUT2D eigenvalue weighted by Crippen LogP contribution is -3.15. The Morgan fingerprint density at radius 3 is 2.67 bits per heavy atom. The molecule has 0 bridgehead atoms. The molecule has 2 aliphatic heterocycles. The molecular weight excluding hydrogens is 338 g/mol. The van der Waals surface area contributed by atoms with E-state index < -0.39 is 0 Å². The quantitative estimate of drug-likeness (QED) is 0.522. The van der Waals surface area contributed by atoms with Crippen molar-refractivity contribution in [1.29, 1.82) is 0 Å². The number of hydrogen-bond acceptors (Lipinski definition) is 3. The second kappa shape index (κ2) is 6.95. The van der Waals surface area contributed by atoms with Crippen LogP contribution in [0.25, 0.3) is 11.0 Å². The van der Waals surface area contributed by atoms with Gasteiger partial charge >= 0.3 is 0 Å². The number of likely N-dealkylation sites (N-methyl/N-ethyl adjacent to an activating group) is 1. The van der Waals surface area contributed by atoms with Crippen LogP contribution in [0.3, 0.4) is 0 Å². The van der Waals surface area contributed by atoms with E-state index in [2.05, 4.69) is 27.1 Å². The first kappa shape index (κ1) is 17.3. The van der Waals surface area contributed by atoms with Gasteiger partial charge in [-0.25, -0.2) is 4.98 Å². The Kier molecular flexibility index (Phi) is 4.44. The summed E-state index contributed by atoms with van der Waals surface area (Å²) >= 11 is 0. The number of pyridine rings is 1. The molecule has 0 spiro atoms. The van der Waals surface area contributed by atoms with Crippen LogP contribution < -0.4 is 25.4 Å². The average Bonchev–Trinajstić information content (AvgIpc) is 3.09. The van der Waals surface area contributed by atoms with E-state index in [0.29, 0.717) is 5.82 Å². The summed E-state index contributed by atoms with van der Waals surface area (Å²) in [5.74, 6) is 2.03. The van der Waals surface area contributed by atoms with Crippen molar-refractivity contribution < 1.29 is 14.8 Å². The van der Waals surface area contributed by atoms with Gasteiger partial charge in [-0.05, 0) is 36.3 Å². The minimum atomic E-state index is 0.716. The van der Waals surface area contributed by atoms with Gasteiger partial charge in [0.05, 0.1) is 30.6 Å². The van der Waals surface area contributed by atoms with Gasteiger partial charge in [0.25, 0.3) is 5.65 Å². The molecule has 1 saturated carbocycles. The van der Waals surface area contributed by atoms with Crippen molar-refractivity contribution in [3.8, 4) is 0 Å². The molecular formula is C20H34N7+3. The van der Waals surface area contributed by atoms with E-state index in [4.69, 9.17) is 5.73 Å². The number of aromatic amines is 2. The third kappa shape index (κ3) is 3.06. The Bertz CT molecular complexity index is 815. The van der Waals surface area contributed by atoms with Crippen LogP contribution in [0, 0.1) is 0 Å². The topological polar surface area (TPSA) is 81.0 Å². The standard InChI is InChI=1S/C20H31N7/c1-25-9-11-26(12-10-25)20-16-13-27(14-5-3-2-4-6-14)8-7-15(16)17-18(21)23-24-19(17)22-20/h14H,2-13H2,1H3,(H3,21,22,23,24)/p+3. The van der Waals surface area contributed by atoms with Crippen molar-refractivity contribution in [1.82, 2.24) is 10.2 Å². The fraction of sp³-hybridized carbons (Fsp3) is 0.700. The number of fused-ring (bicyclic) bond motifs is 3. The first-order chi connectivity index (χ1) is 13.2. The fourth-order valence-corrected chi connectivity index (χ4v) is 5.54. The summed E-state index contributed by atoms with van der Waals surface area (Å²) in [6.45, 7) is 6.97. The van der Waals surface area contributed by atoms with Crippen LogP contribution in [0.4, 0.5) is 11.6 Å². The monoisotopic (exact) mass is 372 g/mol. The van der Waals surface area contributed by atoms with Gasteiger partial charge in [0, 0.05) is 6.42 Å². The Morgan fingerprint density at radius 2 is 1.89 bits per heavy atom. The van der Waals surface area contributed by atoms with Gasteiger partial charge in [-0.3, -0.25) is 4.90 Å². The summed E-state index contributed by atoms with van der Waals surface area (Å²) in [7, 11) is 2.29. The summed E-state index contributed by atoms with van der Waals surface area (Å²) < 4.78 is 0. The number of nitrogens with two attached hydrogens (primary N) is 1. The molecule has 0 amide bonds. The number of piperazine rings is 1. The molecule has 4 heterocycles. The summed E-state index contributed by atoms with van der Waals surface area (Å²) in [4.78, 5) is 9.63. The molecule has 6 N–H and O–H groups in total. The average molecular weight is 373 g/mol. The largest absolute Gasteiger partial charge is 0.382 e. The highest BCUT2D eigenvalue weighted by Gasteiger charge is 2.36. The molecule has 0 aromatic carbocycles. The minimum absolute atomic E-state index is 0.716. The molecule has 2 aromatic rings. The maximum atomic E-state index is 6.26. The first-order valence-corrected chi connectivity index (χ1v) is 10.8. The van der Waals surface area contributed by atoms with Crippen molar-refractivity contribution in [2.24, 2.45) is 0 Å². The molecule has 1 atom stereocenters. The van der Waals surface area contributed by atoms with Crippen molar-refractivity contribution in [3.05, 3.63) is 11.1 Å². The van der Waals surface area contributed by atoms with Gasteiger partial charge in [-0.15, -0.1) is 0 Å². The number of hydrogen-bond donors (Lipinski definition) is 4. The van der Waals surface area contributed by atoms with Crippen molar-refractivity contribution in [3.63, 3.8) is 0 Å². The third-order valence-corrected chi connectivity index (χ3v) is 7.20. The SMILES string of the molecule is C[NH+]1CCN(c2[nH+]c3n[nH]c(N)c3c3c2C[NH+](C2CCCCC2)CC3)CC1. The summed E-state index contributed by atoms with van der Waals surface area (Å²) in [5, 5.41) is 8.60. The normalized spacial score (nSPS) is 25.1. The van der Waals surface area contributed by atoms with Gasteiger partial charge in [0.2, 0.25) is 5.82 Å². The summed E-state index contributed by atoms with van der Waals surface area (Å²) in [6, 6.07) is 0.842. The highest BCUT2D eigenvalue weighted by molar-refractivity contribution is 5.89. The summed E-state index contributed by atoms with van der Waals surface area (Å²) in [5.41, 5.74) is 10.1. The molecule has 7 heteroatoms. The molecule has 5 rings (SSSR count). The van der Waals surface area contributed by atoms with Crippen LogP contribution in [0.15, 0.2) is 0 Å². The zero-order valence-corrected chi connectivity index (χ0v) is 16.5. The van der Waals surface area contributed by atoms with E-state index in [1.54, 1.807) is 9.80 Å². The molecule has 7 nitrogen and oxygen atoms in total. The second-order valence-corrected chi connectivity index (χ2v) is 8.91.